The number of nitrogens with one attached hydrogen (secondary N) is 1. The van der Waals surface area contributed by atoms with Crippen molar-refractivity contribution in [1.29, 1.82) is 0 Å². The second kappa shape index (κ2) is 4.82. The summed E-state index contributed by atoms with van der Waals surface area (Å²) in [4.78, 5) is 0. The summed E-state index contributed by atoms with van der Waals surface area (Å²) in [6.45, 7) is 0.863. The first-order valence-corrected chi connectivity index (χ1v) is 6.95. The lowest BCUT2D eigenvalue weighted by Gasteiger charge is -2.38. The minimum atomic E-state index is -4.24. The van der Waals surface area contributed by atoms with Crippen LogP contribution in [0.3, 0.4) is 0 Å². The number of hydrogen-bond acceptors (Lipinski definition) is 1. The van der Waals surface area contributed by atoms with Gasteiger partial charge in [0.15, 0.2) is 0 Å². The molecule has 2 fully saturated rings. The van der Waals surface area contributed by atoms with E-state index < -0.39 is 11.7 Å². The van der Waals surface area contributed by atoms with E-state index in [9.17, 15) is 13.2 Å². The summed E-state index contributed by atoms with van der Waals surface area (Å²) in [6, 6.07) is 6.67. The Labute approximate surface area is 111 Å². The lowest BCUT2D eigenvalue weighted by molar-refractivity contribution is -0.138. The van der Waals surface area contributed by atoms with Gasteiger partial charge in [0.05, 0.1) is 5.56 Å². The predicted octanol–water partition coefficient (Wildman–Crippen LogP) is 3.95. The van der Waals surface area contributed by atoms with Gasteiger partial charge in [-0.3, -0.25) is 0 Å². The standard InChI is InChI=1S/C15H18F3N/c16-15(17,18)14-4-2-1-3-13(14)12-8-5-10(12)9-19-11-6-7-11/h1-4,10-12,19H,5-9H2. The molecule has 0 aromatic heterocycles. The van der Waals surface area contributed by atoms with Gasteiger partial charge in [0.1, 0.15) is 0 Å². The third-order valence-electron chi connectivity index (χ3n) is 4.33. The molecule has 104 valence electrons. The number of rotatable bonds is 4. The first-order valence-electron chi connectivity index (χ1n) is 6.95. The van der Waals surface area contributed by atoms with Gasteiger partial charge in [-0.25, -0.2) is 0 Å². The second-order valence-electron chi connectivity index (χ2n) is 5.71. The molecular formula is C15H18F3N. The molecule has 2 atom stereocenters. The zero-order chi connectivity index (χ0) is 13.5. The molecule has 2 aliphatic rings. The molecule has 0 heterocycles. The Morgan fingerprint density at radius 2 is 1.79 bits per heavy atom. The monoisotopic (exact) mass is 269 g/mol. The van der Waals surface area contributed by atoms with E-state index in [1.54, 1.807) is 12.1 Å². The van der Waals surface area contributed by atoms with Gasteiger partial charge >= 0.3 is 6.18 Å². The molecule has 0 amide bonds. The third kappa shape index (κ3) is 2.78. The van der Waals surface area contributed by atoms with E-state index in [4.69, 9.17) is 0 Å². The number of hydrogen-bond donors (Lipinski definition) is 1. The lowest BCUT2D eigenvalue weighted by Crippen LogP contribution is -2.35. The van der Waals surface area contributed by atoms with Crippen LogP contribution in [0, 0.1) is 5.92 Å². The zero-order valence-electron chi connectivity index (χ0n) is 10.7. The van der Waals surface area contributed by atoms with Gasteiger partial charge in [-0.2, -0.15) is 13.2 Å². The van der Waals surface area contributed by atoms with Crippen LogP contribution in [-0.4, -0.2) is 12.6 Å². The van der Waals surface area contributed by atoms with Crippen molar-refractivity contribution in [3.8, 4) is 0 Å². The Morgan fingerprint density at radius 1 is 1.05 bits per heavy atom. The van der Waals surface area contributed by atoms with Gasteiger partial charge in [-0.05, 0) is 55.7 Å². The number of alkyl halides is 3. The molecule has 19 heavy (non-hydrogen) atoms. The summed E-state index contributed by atoms with van der Waals surface area (Å²) >= 11 is 0. The average molecular weight is 269 g/mol. The fraction of sp³-hybridized carbons (Fsp3) is 0.600. The summed E-state index contributed by atoms with van der Waals surface area (Å²) in [6.07, 6.45) is 0.119. The van der Waals surface area contributed by atoms with Crippen LogP contribution in [-0.2, 0) is 6.18 Å². The normalized spacial score (nSPS) is 27.1. The Kier molecular flexibility index (Phi) is 3.29. The summed E-state index contributed by atoms with van der Waals surface area (Å²) in [5, 5.41) is 3.44. The van der Waals surface area contributed by atoms with Crippen LogP contribution in [0.1, 0.15) is 42.7 Å². The van der Waals surface area contributed by atoms with Crippen molar-refractivity contribution in [1.82, 2.24) is 5.32 Å². The SMILES string of the molecule is FC(F)(F)c1ccccc1C1CCC1CNC1CC1. The Morgan fingerprint density at radius 3 is 2.37 bits per heavy atom. The summed E-state index contributed by atoms with van der Waals surface area (Å²) in [5.74, 6) is 0.438. The van der Waals surface area contributed by atoms with Crippen molar-refractivity contribution < 1.29 is 13.2 Å². The molecule has 2 saturated carbocycles. The van der Waals surface area contributed by atoms with Gasteiger partial charge in [0.2, 0.25) is 0 Å². The highest BCUT2D eigenvalue weighted by Crippen LogP contribution is 2.46. The Hall–Kier alpha value is -1.03. The quantitative estimate of drug-likeness (QED) is 0.872. The van der Waals surface area contributed by atoms with Crippen LogP contribution >= 0.6 is 0 Å². The molecular weight excluding hydrogens is 251 g/mol. The molecule has 1 nitrogen and oxygen atoms in total. The first-order chi connectivity index (χ1) is 9.05. The highest BCUT2D eigenvalue weighted by molar-refractivity contribution is 5.34. The minimum absolute atomic E-state index is 0.0732. The van der Waals surface area contributed by atoms with Crippen molar-refractivity contribution in [2.45, 2.75) is 43.8 Å². The molecule has 4 heteroatoms. The molecule has 1 aromatic carbocycles. The van der Waals surface area contributed by atoms with Crippen LogP contribution < -0.4 is 5.32 Å². The van der Waals surface area contributed by atoms with E-state index in [-0.39, 0.29) is 5.92 Å². The fourth-order valence-electron chi connectivity index (χ4n) is 2.91. The minimum Gasteiger partial charge on any atom is -0.314 e. The highest BCUT2D eigenvalue weighted by Gasteiger charge is 2.40. The number of benzene rings is 1. The van der Waals surface area contributed by atoms with Crippen molar-refractivity contribution >= 4 is 0 Å². The fourth-order valence-corrected chi connectivity index (χ4v) is 2.91. The number of halogens is 3. The average Bonchev–Trinajstić information content (AvgIpc) is 3.11. The molecule has 0 spiro atoms. The largest absolute Gasteiger partial charge is 0.416 e. The molecule has 0 saturated heterocycles. The maximum absolute atomic E-state index is 13.0. The van der Waals surface area contributed by atoms with E-state index in [1.807, 2.05) is 0 Å². The van der Waals surface area contributed by atoms with Crippen LogP contribution in [0.15, 0.2) is 24.3 Å². The molecule has 2 unspecified atom stereocenters. The van der Waals surface area contributed by atoms with Crippen molar-refractivity contribution in [2.24, 2.45) is 5.92 Å². The molecule has 1 N–H and O–H groups in total. The topological polar surface area (TPSA) is 12.0 Å². The van der Waals surface area contributed by atoms with E-state index in [2.05, 4.69) is 5.32 Å². The van der Waals surface area contributed by atoms with Crippen LogP contribution in [0.2, 0.25) is 0 Å². The smallest absolute Gasteiger partial charge is 0.314 e. The van der Waals surface area contributed by atoms with Gasteiger partial charge in [-0.15, -0.1) is 0 Å². The van der Waals surface area contributed by atoms with Crippen molar-refractivity contribution in [2.75, 3.05) is 6.54 Å². The van der Waals surface area contributed by atoms with Gasteiger partial charge < -0.3 is 5.32 Å². The Balaban J connectivity index is 1.74. The van der Waals surface area contributed by atoms with Crippen molar-refractivity contribution in [3.05, 3.63) is 35.4 Å². The molecule has 0 bridgehead atoms. The van der Waals surface area contributed by atoms with E-state index >= 15 is 0 Å². The molecule has 0 radical (unpaired) electrons. The molecule has 1 aromatic rings. The van der Waals surface area contributed by atoms with E-state index in [0.29, 0.717) is 17.5 Å². The lowest BCUT2D eigenvalue weighted by atomic mass is 9.69. The van der Waals surface area contributed by atoms with Crippen LogP contribution in [0.25, 0.3) is 0 Å². The molecule has 0 aliphatic heterocycles. The van der Waals surface area contributed by atoms with Crippen LogP contribution in [0.4, 0.5) is 13.2 Å². The molecule has 2 aliphatic carbocycles. The predicted molar refractivity (Wildman–Crippen MR) is 67.9 cm³/mol. The van der Waals surface area contributed by atoms with Crippen molar-refractivity contribution in [3.63, 3.8) is 0 Å². The first kappa shape index (κ1) is 13.0. The maximum atomic E-state index is 13.0. The summed E-state index contributed by atoms with van der Waals surface area (Å²) < 4.78 is 39.0. The summed E-state index contributed by atoms with van der Waals surface area (Å²) in [5.41, 5.74) is 0.0416. The highest BCUT2D eigenvalue weighted by atomic mass is 19.4. The van der Waals surface area contributed by atoms with E-state index in [0.717, 1.165) is 19.4 Å². The Bertz CT molecular complexity index is 451. The molecule has 3 rings (SSSR count). The second-order valence-corrected chi connectivity index (χ2v) is 5.71. The van der Waals surface area contributed by atoms with E-state index in [1.165, 1.54) is 25.0 Å². The zero-order valence-corrected chi connectivity index (χ0v) is 10.7. The van der Waals surface area contributed by atoms with Gasteiger partial charge in [0.25, 0.3) is 0 Å². The third-order valence-corrected chi connectivity index (χ3v) is 4.33. The van der Waals surface area contributed by atoms with Gasteiger partial charge in [-0.1, -0.05) is 18.2 Å². The summed E-state index contributed by atoms with van der Waals surface area (Å²) in [7, 11) is 0. The van der Waals surface area contributed by atoms with Gasteiger partial charge in [0, 0.05) is 6.04 Å². The maximum Gasteiger partial charge on any atom is 0.416 e. The van der Waals surface area contributed by atoms with Crippen LogP contribution in [0.5, 0.6) is 0 Å².